The number of nitrogens with one attached hydrogen (secondary N) is 2. The lowest BCUT2D eigenvalue weighted by atomic mass is 10.0. The van der Waals surface area contributed by atoms with Crippen molar-refractivity contribution in [1.82, 2.24) is 15.5 Å². The fourth-order valence-corrected chi connectivity index (χ4v) is 4.67. The Bertz CT molecular complexity index is 390. The van der Waals surface area contributed by atoms with E-state index >= 15 is 0 Å². The number of thioether (sulfide) groups is 1. The molecular formula is C18H36N4OS. The Labute approximate surface area is 152 Å². The maximum absolute atomic E-state index is 5.50. The molecule has 2 saturated heterocycles. The van der Waals surface area contributed by atoms with Gasteiger partial charge in [-0.25, -0.2) is 0 Å². The first-order chi connectivity index (χ1) is 11.5. The first kappa shape index (κ1) is 19.9. The van der Waals surface area contributed by atoms with E-state index in [1.165, 1.54) is 18.6 Å². The quantitative estimate of drug-likeness (QED) is 0.541. The smallest absolute Gasteiger partial charge is 0.191 e. The van der Waals surface area contributed by atoms with E-state index in [2.05, 4.69) is 55.0 Å². The second-order valence-electron chi connectivity index (χ2n) is 7.44. The molecule has 2 atom stereocenters. The average molecular weight is 357 g/mol. The first-order valence-electron chi connectivity index (χ1n) is 9.52. The summed E-state index contributed by atoms with van der Waals surface area (Å²) in [4.78, 5) is 7.43. The number of hydrogen-bond acceptors (Lipinski definition) is 4. The monoisotopic (exact) mass is 356 g/mol. The van der Waals surface area contributed by atoms with E-state index in [1.54, 1.807) is 0 Å². The van der Waals surface area contributed by atoms with Gasteiger partial charge in [-0.2, -0.15) is 11.8 Å². The van der Waals surface area contributed by atoms with Crippen LogP contribution in [-0.2, 0) is 4.74 Å². The molecule has 2 N–H and O–H groups in total. The zero-order valence-electron chi connectivity index (χ0n) is 15.9. The van der Waals surface area contributed by atoms with Crippen LogP contribution in [0.3, 0.4) is 0 Å². The molecule has 0 aliphatic carbocycles. The largest absolute Gasteiger partial charge is 0.379 e. The molecule has 2 aliphatic rings. The Balaban J connectivity index is 1.90. The number of nitrogens with zero attached hydrogens (tertiary/aromatic N) is 2. The Morgan fingerprint density at radius 3 is 2.62 bits per heavy atom. The molecule has 2 fully saturated rings. The molecular weight excluding hydrogens is 320 g/mol. The normalized spacial score (nSPS) is 27.5. The predicted octanol–water partition coefficient (Wildman–Crippen LogP) is 2.18. The highest BCUT2D eigenvalue weighted by Gasteiger charge is 2.29. The van der Waals surface area contributed by atoms with Gasteiger partial charge in [-0.3, -0.25) is 9.89 Å². The lowest BCUT2D eigenvalue weighted by Gasteiger charge is -2.37. The van der Waals surface area contributed by atoms with E-state index in [1.807, 2.05) is 0 Å². The lowest BCUT2D eigenvalue weighted by molar-refractivity contribution is 0.00752. The van der Waals surface area contributed by atoms with Crippen molar-refractivity contribution in [2.75, 3.05) is 51.7 Å². The van der Waals surface area contributed by atoms with Gasteiger partial charge in [0.1, 0.15) is 0 Å². The van der Waals surface area contributed by atoms with E-state index in [0.29, 0.717) is 16.7 Å². The van der Waals surface area contributed by atoms with Crippen LogP contribution in [0.25, 0.3) is 0 Å². The fourth-order valence-electron chi connectivity index (χ4n) is 3.45. The zero-order chi connectivity index (χ0) is 17.4. The van der Waals surface area contributed by atoms with Crippen LogP contribution in [0.5, 0.6) is 0 Å². The molecule has 0 bridgehead atoms. The van der Waals surface area contributed by atoms with Crippen LogP contribution in [-0.4, -0.2) is 73.3 Å². The molecule has 2 heterocycles. The van der Waals surface area contributed by atoms with E-state index in [0.717, 1.165) is 51.9 Å². The Morgan fingerprint density at radius 2 is 2.04 bits per heavy atom. The van der Waals surface area contributed by atoms with Crippen LogP contribution < -0.4 is 10.6 Å². The summed E-state index contributed by atoms with van der Waals surface area (Å²) in [6.45, 7) is 15.6. The maximum atomic E-state index is 5.50. The number of morpholine rings is 1. The van der Waals surface area contributed by atoms with E-state index in [-0.39, 0.29) is 0 Å². The van der Waals surface area contributed by atoms with Gasteiger partial charge in [0.2, 0.25) is 0 Å². The van der Waals surface area contributed by atoms with Gasteiger partial charge >= 0.3 is 0 Å². The second-order valence-corrected chi connectivity index (χ2v) is 9.12. The first-order valence-corrected chi connectivity index (χ1v) is 10.5. The highest BCUT2D eigenvalue weighted by molar-refractivity contribution is 8.00. The van der Waals surface area contributed by atoms with Crippen molar-refractivity contribution in [3.8, 4) is 0 Å². The van der Waals surface area contributed by atoms with Crippen molar-refractivity contribution >= 4 is 17.7 Å². The van der Waals surface area contributed by atoms with Crippen LogP contribution in [0.1, 0.15) is 40.5 Å². The minimum atomic E-state index is 0.323. The molecule has 0 spiro atoms. The van der Waals surface area contributed by atoms with Crippen molar-refractivity contribution in [3.63, 3.8) is 0 Å². The third kappa shape index (κ3) is 6.12. The molecule has 0 aromatic carbocycles. The van der Waals surface area contributed by atoms with Gasteiger partial charge < -0.3 is 15.4 Å². The van der Waals surface area contributed by atoms with Crippen LogP contribution in [0.2, 0.25) is 0 Å². The number of guanidine groups is 1. The molecule has 0 aromatic heterocycles. The van der Waals surface area contributed by atoms with E-state index in [4.69, 9.17) is 9.73 Å². The van der Waals surface area contributed by atoms with Gasteiger partial charge in [0.05, 0.1) is 19.8 Å². The Kier molecular flexibility index (Phi) is 8.17. The third-order valence-electron chi connectivity index (χ3n) is 4.98. The minimum Gasteiger partial charge on any atom is -0.379 e. The fraction of sp³-hybridized carbons (Fsp3) is 0.944. The van der Waals surface area contributed by atoms with Crippen molar-refractivity contribution in [2.24, 2.45) is 10.9 Å². The molecule has 0 radical (unpaired) electrons. The van der Waals surface area contributed by atoms with Crippen LogP contribution in [0, 0.1) is 5.92 Å². The van der Waals surface area contributed by atoms with Crippen LogP contribution in [0.4, 0.5) is 0 Å². The molecule has 6 heteroatoms. The maximum Gasteiger partial charge on any atom is 0.191 e. The summed E-state index contributed by atoms with van der Waals surface area (Å²) >= 11 is 2.07. The van der Waals surface area contributed by atoms with Crippen molar-refractivity contribution < 1.29 is 4.74 Å². The van der Waals surface area contributed by atoms with Crippen LogP contribution >= 0.6 is 11.8 Å². The van der Waals surface area contributed by atoms with Gasteiger partial charge in [0.25, 0.3) is 0 Å². The van der Waals surface area contributed by atoms with Crippen molar-refractivity contribution in [2.45, 2.75) is 51.3 Å². The minimum absolute atomic E-state index is 0.323. The molecule has 2 unspecified atom stereocenters. The van der Waals surface area contributed by atoms with Gasteiger partial charge in [0.15, 0.2) is 5.96 Å². The summed E-state index contributed by atoms with van der Waals surface area (Å²) in [6.07, 6.45) is 2.61. The van der Waals surface area contributed by atoms with E-state index in [9.17, 15) is 0 Å². The van der Waals surface area contributed by atoms with E-state index < -0.39 is 0 Å². The molecule has 140 valence electrons. The van der Waals surface area contributed by atoms with Gasteiger partial charge in [0, 0.05) is 37.0 Å². The molecule has 0 saturated carbocycles. The second kappa shape index (κ2) is 9.88. The number of rotatable bonds is 7. The number of ether oxygens (including phenoxy) is 1. The predicted molar refractivity (Wildman–Crippen MR) is 105 cm³/mol. The molecule has 5 nitrogen and oxygen atoms in total. The van der Waals surface area contributed by atoms with Gasteiger partial charge in [-0.05, 0) is 38.4 Å². The average Bonchev–Trinajstić information content (AvgIpc) is 3.00. The summed E-state index contributed by atoms with van der Waals surface area (Å²) in [5.41, 5.74) is 0. The highest BCUT2D eigenvalue weighted by atomic mass is 32.2. The van der Waals surface area contributed by atoms with Gasteiger partial charge in [-0.1, -0.05) is 13.8 Å². The summed E-state index contributed by atoms with van der Waals surface area (Å²) in [6, 6.07) is 0.522. The molecule has 0 aromatic rings. The molecule has 2 aliphatic heterocycles. The Hall–Kier alpha value is -0.460. The van der Waals surface area contributed by atoms with Crippen molar-refractivity contribution in [3.05, 3.63) is 0 Å². The SMILES string of the molecule is CCNC(=NCC1(C)CCCS1)NCC(C(C)C)N1CCOCC1. The molecule has 2 rings (SSSR count). The Morgan fingerprint density at radius 1 is 1.29 bits per heavy atom. The zero-order valence-corrected chi connectivity index (χ0v) is 16.8. The number of hydrogen-bond donors (Lipinski definition) is 2. The summed E-state index contributed by atoms with van der Waals surface area (Å²) < 4.78 is 5.82. The molecule has 24 heavy (non-hydrogen) atoms. The number of aliphatic imine (C=N–C) groups is 1. The topological polar surface area (TPSA) is 48.9 Å². The summed E-state index contributed by atoms with van der Waals surface area (Å²) in [7, 11) is 0. The lowest BCUT2D eigenvalue weighted by Crippen LogP contribution is -2.52. The molecule has 0 amide bonds. The van der Waals surface area contributed by atoms with Crippen molar-refractivity contribution in [1.29, 1.82) is 0 Å². The highest BCUT2D eigenvalue weighted by Crippen LogP contribution is 2.37. The standard InChI is InChI=1S/C18H36N4OS/c1-5-19-17(21-14-18(4)7-6-12-24-18)20-13-16(15(2)3)22-8-10-23-11-9-22/h15-16H,5-14H2,1-4H3,(H2,19,20,21). The third-order valence-corrected chi connectivity index (χ3v) is 6.50. The van der Waals surface area contributed by atoms with Crippen LogP contribution in [0.15, 0.2) is 4.99 Å². The summed E-state index contributed by atoms with van der Waals surface area (Å²) in [5.74, 6) is 2.86. The van der Waals surface area contributed by atoms with Gasteiger partial charge in [-0.15, -0.1) is 0 Å². The summed E-state index contributed by atoms with van der Waals surface area (Å²) in [5, 5.41) is 7.00.